The summed E-state index contributed by atoms with van der Waals surface area (Å²) in [6, 6.07) is 4.42. The number of benzene rings is 1. The van der Waals surface area contributed by atoms with Crippen LogP contribution in [0.2, 0.25) is 0 Å². The van der Waals surface area contributed by atoms with E-state index in [-0.39, 0.29) is 28.3 Å². The predicted octanol–water partition coefficient (Wildman–Crippen LogP) is 3.50. The van der Waals surface area contributed by atoms with Crippen molar-refractivity contribution in [1.82, 2.24) is 9.97 Å². The second-order valence-corrected chi connectivity index (χ2v) is 9.84. The topological polar surface area (TPSA) is 112 Å². The molecular formula is C23H26FN5O3S. The standard InChI is InChI=1S/C23H26FN5O3S/c1-5-13(2)32-19-11-26-17(10-27-19)20(30)28-14-6-7-16(24)15(8-14)22(3)18-9-23(18,12-31-4)33-21(25)29-22/h5-8,10-11,13,18H,1,9,12H2,2-4H3,(H2,25,29)(H,28,30)/t13?,18?,22-,23-/m1/s1. The molecule has 10 heteroatoms. The molecule has 1 saturated carbocycles. The summed E-state index contributed by atoms with van der Waals surface area (Å²) in [4.78, 5) is 25.5. The van der Waals surface area contributed by atoms with Crippen LogP contribution in [0.25, 0.3) is 0 Å². The van der Waals surface area contributed by atoms with Gasteiger partial charge in [0.1, 0.15) is 17.6 Å². The Hall–Kier alpha value is -2.98. The highest BCUT2D eigenvalue weighted by Gasteiger charge is 2.66. The fraction of sp³-hybridized carbons (Fsp3) is 0.391. The number of carbonyl (C=O) groups excluding carboxylic acids is 1. The van der Waals surface area contributed by atoms with Crippen molar-refractivity contribution in [3.63, 3.8) is 0 Å². The quantitative estimate of drug-likeness (QED) is 0.567. The Labute approximate surface area is 195 Å². The SMILES string of the molecule is C=CC(C)Oc1cnc(C(=O)Nc2ccc(F)c([C@@]3(C)N=C(N)S[C@@]4(COC)CC43)c2)cn1. The number of thioether (sulfide) groups is 1. The molecule has 1 aliphatic heterocycles. The molecule has 0 bridgehead atoms. The number of halogens is 1. The number of methoxy groups -OCH3 is 1. The molecule has 1 aromatic heterocycles. The molecule has 4 rings (SSSR count). The van der Waals surface area contributed by atoms with Gasteiger partial charge in [-0.1, -0.05) is 24.4 Å². The molecular weight excluding hydrogens is 445 g/mol. The molecule has 174 valence electrons. The van der Waals surface area contributed by atoms with Crippen LogP contribution in [0.15, 0.2) is 48.2 Å². The minimum absolute atomic E-state index is 0.0686. The second kappa shape index (κ2) is 8.75. The molecule has 2 aromatic rings. The van der Waals surface area contributed by atoms with Crippen molar-refractivity contribution < 1.29 is 18.7 Å². The Morgan fingerprint density at radius 1 is 1.45 bits per heavy atom. The van der Waals surface area contributed by atoms with Crippen LogP contribution in [-0.4, -0.2) is 45.6 Å². The van der Waals surface area contributed by atoms with Crippen molar-refractivity contribution in [2.75, 3.05) is 19.0 Å². The number of amidine groups is 1. The number of amides is 1. The van der Waals surface area contributed by atoms with Gasteiger partial charge in [0.05, 0.1) is 29.3 Å². The fourth-order valence-corrected chi connectivity index (χ4v) is 5.70. The number of nitrogens with zero attached hydrogens (tertiary/aromatic N) is 3. The highest BCUT2D eigenvalue weighted by atomic mass is 32.2. The third-order valence-electron chi connectivity index (χ3n) is 6.01. The largest absolute Gasteiger partial charge is 0.469 e. The number of ether oxygens (including phenoxy) is 2. The van der Waals surface area contributed by atoms with E-state index in [1.165, 1.54) is 36.3 Å². The van der Waals surface area contributed by atoms with E-state index in [9.17, 15) is 9.18 Å². The first-order chi connectivity index (χ1) is 15.7. The maximum atomic E-state index is 15.0. The molecule has 4 atom stereocenters. The van der Waals surface area contributed by atoms with Gasteiger partial charge in [0, 0.05) is 24.3 Å². The Bertz CT molecular complexity index is 1110. The number of nitrogens with two attached hydrogens (primary N) is 1. The monoisotopic (exact) mass is 471 g/mol. The highest BCUT2D eigenvalue weighted by Crippen LogP contribution is 2.66. The zero-order valence-electron chi connectivity index (χ0n) is 18.7. The Kier molecular flexibility index (Phi) is 6.15. The van der Waals surface area contributed by atoms with Crippen molar-refractivity contribution in [2.24, 2.45) is 16.6 Å². The van der Waals surface area contributed by atoms with E-state index in [1.807, 2.05) is 13.8 Å². The average molecular weight is 472 g/mol. The van der Waals surface area contributed by atoms with E-state index >= 15 is 0 Å². The third-order valence-corrected chi connectivity index (χ3v) is 7.29. The molecule has 8 nitrogen and oxygen atoms in total. The van der Waals surface area contributed by atoms with E-state index in [4.69, 9.17) is 15.2 Å². The van der Waals surface area contributed by atoms with Crippen LogP contribution in [0.4, 0.5) is 10.1 Å². The molecule has 1 amide bonds. The van der Waals surface area contributed by atoms with E-state index in [2.05, 4.69) is 26.9 Å². The lowest BCUT2D eigenvalue weighted by atomic mass is 9.85. The van der Waals surface area contributed by atoms with Crippen LogP contribution in [0.5, 0.6) is 5.88 Å². The molecule has 0 radical (unpaired) electrons. The normalized spacial score (nSPS) is 26.5. The minimum atomic E-state index is -0.862. The number of hydrogen-bond donors (Lipinski definition) is 2. The van der Waals surface area contributed by atoms with Gasteiger partial charge in [0.15, 0.2) is 5.17 Å². The summed E-state index contributed by atoms with van der Waals surface area (Å²) in [6.45, 7) is 7.84. The molecule has 1 fully saturated rings. The van der Waals surface area contributed by atoms with Crippen LogP contribution in [0, 0.1) is 11.7 Å². The molecule has 0 saturated heterocycles. The second-order valence-electron chi connectivity index (χ2n) is 8.40. The molecule has 33 heavy (non-hydrogen) atoms. The van der Waals surface area contributed by atoms with Crippen molar-refractivity contribution in [3.8, 4) is 5.88 Å². The van der Waals surface area contributed by atoms with Gasteiger partial charge in [-0.25, -0.2) is 14.4 Å². The van der Waals surface area contributed by atoms with Gasteiger partial charge in [-0.15, -0.1) is 0 Å². The molecule has 1 aromatic carbocycles. The maximum absolute atomic E-state index is 15.0. The number of carbonyl (C=O) groups is 1. The van der Waals surface area contributed by atoms with E-state index in [1.54, 1.807) is 19.3 Å². The van der Waals surface area contributed by atoms with E-state index < -0.39 is 17.3 Å². The first-order valence-electron chi connectivity index (χ1n) is 10.5. The smallest absolute Gasteiger partial charge is 0.275 e. The lowest BCUT2D eigenvalue weighted by Gasteiger charge is -2.34. The van der Waals surface area contributed by atoms with Gasteiger partial charge >= 0.3 is 0 Å². The van der Waals surface area contributed by atoms with Crippen molar-refractivity contribution in [3.05, 3.63) is 60.3 Å². The number of rotatable bonds is 8. The summed E-state index contributed by atoms with van der Waals surface area (Å²) < 4.78 is 25.6. The Morgan fingerprint density at radius 2 is 2.24 bits per heavy atom. The summed E-state index contributed by atoms with van der Waals surface area (Å²) in [6.07, 6.45) is 4.89. The van der Waals surface area contributed by atoms with Crippen LogP contribution < -0.4 is 15.8 Å². The molecule has 2 unspecified atom stereocenters. The zero-order chi connectivity index (χ0) is 23.8. The number of nitrogens with one attached hydrogen (secondary N) is 1. The van der Waals surface area contributed by atoms with Gasteiger partial charge in [-0.3, -0.25) is 9.79 Å². The van der Waals surface area contributed by atoms with Crippen LogP contribution in [0.3, 0.4) is 0 Å². The number of hydrogen-bond acceptors (Lipinski definition) is 8. The molecule has 2 aliphatic rings. The number of aliphatic imine (C=N–C) groups is 1. The molecule has 2 heterocycles. The van der Waals surface area contributed by atoms with Gasteiger partial charge in [-0.05, 0) is 38.5 Å². The molecule has 1 aliphatic carbocycles. The lowest BCUT2D eigenvalue weighted by molar-refractivity contribution is 0.102. The lowest BCUT2D eigenvalue weighted by Crippen LogP contribution is -2.37. The summed E-state index contributed by atoms with van der Waals surface area (Å²) in [5, 5.41) is 3.16. The molecule has 3 N–H and O–H groups in total. The number of fused-ring (bicyclic) bond motifs is 1. The van der Waals surface area contributed by atoms with Gasteiger partial charge in [0.25, 0.3) is 5.91 Å². The van der Waals surface area contributed by atoms with E-state index in [0.29, 0.717) is 23.0 Å². The summed E-state index contributed by atoms with van der Waals surface area (Å²) in [5.74, 6) is -0.532. The average Bonchev–Trinajstić information content (AvgIpc) is 3.50. The van der Waals surface area contributed by atoms with Gasteiger partial charge in [0.2, 0.25) is 5.88 Å². The number of anilines is 1. The first-order valence-corrected chi connectivity index (χ1v) is 11.3. The zero-order valence-corrected chi connectivity index (χ0v) is 19.5. The predicted molar refractivity (Wildman–Crippen MR) is 126 cm³/mol. The van der Waals surface area contributed by atoms with Gasteiger partial charge in [-0.2, -0.15) is 0 Å². The third kappa shape index (κ3) is 4.45. The van der Waals surface area contributed by atoms with Crippen LogP contribution in [-0.2, 0) is 10.3 Å². The summed E-state index contributed by atoms with van der Waals surface area (Å²) in [7, 11) is 1.64. The Balaban J connectivity index is 1.55. The Morgan fingerprint density at radius 3 is 2.91 bits per heavy atom. The fourth-order valence-electron chi connectivity index (χ4n) is 4.25. The van der Waals surface area contributed by atoms with Crippen LogP contribution in [0.1, 0.15) is 36.3 Å². The summed E-state index contributed by atoms with van der Waals surface area (Å²) >= 11 is 1.49. The minimum Gasteiger partial charge on any atom is -0.469 e. The molecule has 0 spiro atoms. The van der Waals surface area contributed by atoms with Crippen molar-refractivity contribution >= 4 is 28.5 Å². The maximum Gasteiger partial charge on any atom is 0.275 e. The summed E-state index contributed by atoms with van der Waals surface area (Å²) in [5.41, 5.74) is 6.15. The van der Waals surface area contributed by atoms with E-state index in [0.717, 1.165) is 6.42 Å². The number of aromatic nitrogens is 2. The first kappa shape index (κ1) is 23.2. The van der Waals surface area contributed by atoms with Crippen molar-refractivity contribution in [1.29, 1.82) is 0 Å². The highest BCUT2D eigenvalue weighted by molar-refractivity contribution is 8.15. The van der Waals surface area contributed by atoms with Crippen LogP contribution >= 0.6 is 11.8 Å². The van der Waals surface area contributed by atoms with Crippen molar-refractivity contribution in [2.45, 2.75) is 36.7 Å². The van der Waals surface area contributed by atoms with Gasteiger partial charge < -0.3 is 20.5 Å².